The minimum Gasteiger partial charge on any atom is -0.382 e. The summed E-state index contributed by atoms with van der Waals surface area (Å²) >= 11 is 0. The van der Waals surface area contributed by atoms with E-state index in [4.69, 9.17) is 0 Å². The van der Waals surface area contributed by atoms with E-state index in [2.05, 4.69) is 23.3 Å². The fourth-order valence-corrected chi connectivity index (χ4v) is 2.59. The monoisotopic (exact) mass is 262 g/mol. The van der Waals surface area contributed by atoms with Gasteiger partial charge in [0.2, 0.25) is 0 Å². The molecule has 0 aliphatic heterocycles. The number of nitrogens with zero attached hydrogens (tertiary/aromatic N) is 1. The van der Waals surface area contributed by atoms with Crippen LogP contribution in [0.1, 0.15) is 13.3 Å². The number of nitrogens with one attached hydrogen (secondary N) is 1. The van der Waals surface area contributed by atoms with E-state index in [-0.39, 0.29) is 0 Å². The average Bonchev–Trinajstić information content (AvgIpc) is 2.37. The van der Waals surface area contributed by atoms with Crippen molar-refractivity contribution in [3.63, 3.8) is 0 Å². The lowest BCUT2D eigenvalue weighted by Gasteiger charge is -2.16. The van der Waals surface area contributed by atoms with Gasteiger partial charge in [0, 0.05) is 46.1 Å². The first-order chi connectivity index (χ1) is 8.66. The zero-order valence-electron chi connectivity index (χ0n) is 10.7. The van der Waals surface area contributed by atoms with Crippen molar-refractivity contribution in [2.24, 2.45) is 0 Å². The molecule has 0 bridgehead atoms. The van der Waals surface area contributed by atoms with Crippen LogP contribution in [0.4, 0.5) is 5.69 Å². The summed E-state index contributed by atoms with van der Waals surface area (Å²) in [5, 5.41) is 4.59. The first kappa shape index (κ1) is 13.0. The molecule has 1 heterocycles. The van der Waals surface area contributed by atoms with Crippen molar-refractivity contribution in [3.8, 4) is 0 Å². The van der Waals surface area contributed by atoms with Gasteiger partial charge in [-0.05, 0) is 25.5 Å². The van der Waals surface area contributed by atoms with Crippen LogP contribution in [0.25, 0.3) is 10.9 Å². The standard InChI is InChI=1S/C14H18N2OS/c1-11(8-10-18(2)17)16-14-7-9-15-13-6-4-3-5-12(13)14/h3-7,9,11H,8,10H2,1-2H3,(H,15,16). The van der Waals surface area contributed by atoms with Crippen LogP contribution in [0.2, 0.25) is 0 Å². The molecule has 0 radical (unpaired) electrons. The summed E-state index contributed by atoms with van der Waals surface area (Å²) in [6, 6.07) is 10.4. The Labute approximate surface area is 110 Å². The molecule has 4 heteroatoms. The molecule has 0 spiro atoms. The highest BCUT2D eigenvalue weighted by atomic mass is 32.2. The first-order valence-electron chi connectivity index (χ1n) is 6.07. The Balaban J connectivity index is 2.14. The highest BCUT2D eigenvalue weighted by molar-refractivity contribution is 7.84. The van der Waals surface area contributed by atoms with Gasteiger partial charge in [0.15, 0.2) is 0 Å². The van der Waals surface area contributed by atoms with Crippen LogP contribution in [0.3, 0.4) is 0 Å². The van der Waals surface area contributed by atoms with Crippen molar-refractivity contribution < 1.29 is 4.21 Å². The maximum absolute atomic E-state index is 11.1. The molecule has 18 heavy (non-hydrogen) atoms. The van der Waals surface area contributed by atoms with Gasteiger partial charge in [0.1, 0.15) is 0 Å². The van der Waals surface area contributed by atoms with Crippen molar-refractivity contribution >= 4 is 27.4 Å². The summed E-state index contributed by atoms with van der Waals surface area (Å²) in [5.74, 6) is 0.733. The van der Waals surface area contributed by atoms with Crippen LogP contribution in [0.15, 0.2) is 36.5 Å². The molecule has 1 N–H and O–H groups in total. The van der Waals surface area contributed by atoms with Gasteiger partial charge in [-0.25, -0.2) is 0 Å². The third kappa shape index (κ3) is 3.29. The normalized spacial score (nSPS) is 14.3. The Morgan fingerprint density at radius 3 is 2.89 bits per heavy atom. The second-order valence-electron chi connectivity index (χ2n) is 4.49. The molecule has 0 amide bonds. The van der Waals surface area contributed by atoms with Crippen LogP contribution in [-0.2, 0) is 10.8 Å². The maximum atomic E-state index is 11.1. The quantitative estimate of drug-likeness (QED) is 0.901. The molecule has 1 aromatic heterocycles. The molecule has 1 aromatic carbocycles. The third-order valence-electron chi connectivity index (χ3n) is 2.89. The molecule has 3 nitrogen and oxygen atoms in total. The Kier molecular flexibility index (Phi) is 4.31. The summed E-state index contributed by atoms with van der Waals surface area (Å²) in [6.45, 7) is 2.11. The minimum atomic E-state index is -0.724. The van der Waals surface area contributed by atoms with Crippen LogP contribution in [-0.4, -0.2) is 27.2 Å². The Morgan fingerprint density at radius 1 is 1.33 bits per heavy atom. The Bertz CT molecular complexity index is 551. The van der Waals surface area contributed by atoms with Crippen molar-refractivity contribution in [2.75, 3.05) is 17.3 Å². The van der Waals surface area contributed by atoms with Gasteiger partial charge in [-0.15, -0.1) is 0 Å². The largest absolute Gasteiger partial charge is 0.382 e. The summed E-state index contributed by atoms with van der Waals surface area (Å²) < 4.78 is 11.1. The van der Waals surface area contributed by atoms with Gasteiger partial charge in [-0.1, -0.05) is 18.2 Å². The lowest BCUT2D eigenvalue weighted by atomic mass is 10.1. The number of pyridine rings is 1. The van der Waals surface area contributed by atoms with Gasteiger partial charge in [0.05, 0.1) is 5.52 Å². The van der Waals surface area contributed by atoms with E-state index in [0.717, 1.165) is 28.8 Å². The summed E-state index contributed by atoms with van der Waals surface area (Å²) in [7, 11) is -0.724. The van der Waals surface area contributed by atoms with E-state index >= 15 is 0 Å². The molecule has 2 atom stereocenters. The molecule has 2 unspecified atom stereocenters. The van der Waals surface area contributed by atoms with Gasteiger partial charge in [-0.3, -0.25) is 9.19 Å². The molecule has 96 valence electrons. The van der Waals surface area contributed by atoms with Crippen LogP contribution in [0.5, 0.6) is 0 Å². The molecule has 0 aliphatic carbocycles. The highest BCUT2D eigenvalue weighted by Crippen LogP contribution is 2.21. The predicted molar refractivity (Wildman–Crippen MR) is 78.4 cm³/mol. The van der Waals surface area contributed by atoms with Crippen molar-refractivity contribution in [1.82, 2.24) is 4.98 Å². The first-order valence-corrected chi connectivity index (χ1v) is 7.80. The average molecular weight is 262 g/mol. The lowest BCUT2D eigenvalue weighted by Crippen LogP contribution is -2.18. The lowest BCUT2D eigenvalue weighted by molar-refractivity contribution is 0.678. The van der Waals surface area contributed by atoms with E-state index in [1.54, 1.807) is 6.26 Å². The SMILES string of the molecule is CC(CCS(C)=O)Nc1ccnc2ccccc12. The highest BCUT2D eigenvalue weighted by Gasteiger charge is 2.06. The zero-order valence-corrected chi connectivity index (χ0v) is 11.5. The second-order valence-corrected chi connectivity index (χ2v) is 6.04. The van der Waals surface area contributed by atoms with E-state index in [0.29, 0.717) is 6.04 Å². The topological polar surface area (TPSA) is 42.0 Å². The van der Waals surface area contributed by atoms with Crippen LogP contribution < -0.4 is 5.32 Å². The van der Waals surface area contributed by atoms with E-state index in [1.807, 2.05) is 30.5 Å². The zero-order chi connectivity index (χ0) is 13.0. The second kappa shape index (κ2) is 5.96. The number of para-hydroxylation sites is 1. The molecule has 0 saturated carbocycles. The van der Waals surface area contributed by atoms with Crippen LogP contribution in [0, 0.1) is 0 Å². The Hall–Kier alpha value is -1.42. The van der Waals surface area contributed by atoms with Crippen molar-refractivity contribution in [3.05, 3.63) is 36.5 Å². The molecule has 0 saturated heterocycles. The van der Waals surface area contributed by atoms with Crippen LogP contribution >= 0.6 is 0 Å². The number of anilines is 1. The van der Waals surface area contributed by atoms with Gasteiger partial charge >= 0.3 is 0 Å². The molecule has 0 fully saturated rings. The fourth-order valence-electron chi connectivity index (χ4n) is 1.90. The Morgan fingerprint density at radius 2 is 2.11 bits per heavy atom. The minimum absolute atomic E-state index is 0.305. The van der Waals surface area contributed by atoms with Gasteiger partial charge in [0.25, 0.3) is 0 Å². The van der Waals surface area contributed by atoms with E-state index < -0.39 is 10.8 Å². The van der Waals surface area contributed by atoms with E-state index in [9.17, 15) is 4.21 Å². The number of hydrogen-bond acceptors (Lipinski definition) is 3. The summed E-state index contributed by atoms with van der Waals surface area (Å²) in [6.07, 6.45) is 4.46. The molecular weight excluding hydrogens is 244 g/mol. The van der Waals surface area contributed by atoms with Gasteiger partial charge in [-0.2, -0.15) is 0 Å². The number of rotatable bonds is 5. The molecule has 0 aliphatic rings. The third-order valence-corrected chi connectivity index (χ3v) is 3.70. The van der Waals surface area contributed by atoms with Crippen molar-refractivity contribution in [1.29, 1.82) is 0 Å². The smallest absolute Gasteiger partial charge is 0.0722 e. The summed E-state index contributed by atoms with van der Waals surface area (Å²) in [5.41, 5.74) is 2.09. The molecular formula is C14H18N2OS. The fraction of sp³-hybridized carbons (Fsp3) is 0.357. The number of hydrogen-bond donors (Lipinski definition) is 1. The van der Waals surface area contributed by atoms with E-state index in [1.165, 1.54) is 0 Å². The number of benzene rings is 1. The van der Waals surface area contributed by atoms with Gasteiger partial charge < -0.3 is 5.32 Å². The van der Waals surface area contributed by atoms with Crippen molar-refractivity contribution in [2.45, 2.75) is 19.4 Å². The summed E-state index contributed by atoms with van der Waals surface area (Å²) in [4.78, 5) is 4.33. The molecule has 2 rings (SSSR count). The predicted octanol–water partition coefficient (Wildman–Crippen LogP) is 2.80. The molecule has 2 aromatic rings. The maximum Gasteiger partial charge on any atom is 0.0722 e. The number of aromatic nitrogens is 1. The number of fused-ring (bicyclic) bond motifs is 1.